The predicted molar refractivity (Wildman–Crippen MR) is 49.9 cm³/mol. The van der Waals surface area contributed by atoms with Gasteiger partial charge in [-0.15, -0.1) is 11.8 Å². The summed E-state index contributed by atoms with van der Waals surface area (Å²) >= 11 is 5.83. The zero-order valence-corrected chi connectivity index (χ0v) is 7.97. The van der Waals surface area contributed by atoms with Crippen molar-refractivity contribution < 1.29 is 0 Å². The summed E-state index contributed by atoms with van der Waals surface area (Å²) in [6.07, 6.45) is 1.85. The van der Waals surface area contributed by atoms with Gasteiger partial charge in [-0.3, -0.25) is 0 Å². The number of nitrogens with zero attached hydrogens (tertiary/aromatic N) is 1. The van der Waals surface area contributed by atoms with Crippen LogP contribution in [0.25, 0.3) is 0 Å². The van der Waals surface area contributed by atoms with Crippen LogP contribution < -0.4 is 5.73 Å². The van der Waals surface area contributed by atoms with Crippen molar-refractivity contribution in [3.8, 4) is 0 Å². The van der Waals surface area contributed by atoms with Gasteiger partial charge in [-0.25, -0.2) is 0 Å². The van der Waals surface area contributed by atoms with E-state index in [2.05, 4.69) is 12.2 Å². The molecular weight excluding hydrogens is 152 g/mol. The molecule has 0 atom stereocenters. The molecular formula is C5H14N2S2. The lowest BCUT2D eigenvalue weighted by atomic mass is 11.0. The summed E-state index contributed by atoms with van der Waals surface area (Å²) in [5, 5.41) is 0. The molecule has 0 fully saturated rings. The van der Waals surface area contributed by atoms with Crippen LogP contribution in [-0.2, 0) is 0 Å². The third-order valence-corrected chi connectivity index (χ3v) is 1.10. The Hall–Kier alpha value is 0.200. The van der Waals surface area contributed by atoms with Crippen molar-refractivity contribution in [2.45, 2.75) is 0 Å². The highest BCUT2D eigenvalue weighted by Crippen LogP contribution is 1.86. The summed E-state index contributed by atoms with van der Waals surface area (Å²) in [6, 6.07) is 0. The topological polar surface area (TPSA) is 29.3 Å². The van der Waals surface area contributed by atoms with Crippen LogP contribution in [0.2, 0.25) is 0 Å². The molecule has 0 aromatic heterocycles. The molecule has 2 N–H and O–H groups in total. The number of thiocarbonyl (C=S) groups is 1. The van der Waals surface area contributed by atoms with Gasteiger partial charge >= 0.3 is 0 Å². The van der Waals surface area contributed by atoms with Crippen molar-refractivity contribution in [2.24, 2.45) is 5.73 Å². The highest BCUT2D eigenvalue weighted by molar-refractivity contribution is 8.22. The van der Waals surface area contributed by atoms with E-state index in [9.17, 15) is 0 Å². The Bertz CT molecular complexity index is 70.6. The molecule has 0 aromatic rings. The third-order valence-electron chi connectivity index (χ3n) is 0.201. The minimum absolute atomic E-state index is 0.505. The van der Waals surface area contributed by atoms with Gasteiger partial charge in [0.2, 0.25) is 0 Å². The summed E-state index contributed by atoms with van der Waals surface area (Å²) in [7, 11) is 6.00. The second-order valence-corrected chi connectivity index (χ2v) is 3.41. The molecule has 0 saturated heterocycles. The van der Waals surface area contributed by atoms with E-state index in [1.54, 1.807) is 0 Å². The van der Waals surface area contributed by atoms with Crippen LogP contribution in [0.3, 0.4) is 0 Å². The molecule has 0 aromatic carbocycles. The van der Waals surface area contributed by atoms with Crippen LogP contribution in [-0.4, -0.2) is 36.6 Å². The molecule has 0 aliphatic carbocycles. The van der Waals surface area contributed by atoms with Crippen LogP contribution in [0.4, 0.5) is 0 Å². The Balaban J connectivity index is 0. The lowest BCUT2D eigenvalue weighted by Gasteiger charge is -1.90. The fourth-order valence-corrected chi connectivity index (χ4v) is 0. The monoisotopic (exact) mass is 166 g/mol. The number of rotatable bonds is 0. The average Bonchev–Trinajstić information content (AvgIpc) is 1.65. The van der Waals surface area contributed by atoms with Gasteiger partial charge in [-0.1, -0.05) is 12.2 Å². The highest BCUT2D eigenvalue weighted by atomic mass is 32.2. The average molecular weight is 166 g/mol. The maximum absolute atomic E-state index is 4.99. The smallest absolute Gasteiger partial charge is 0.130 e. The van der Waals surface area contributed by atoms with Crippen molar-refractivity contribution in [3.05, 3.63) is 0 Å². The zero-order valence-electron chi connectivity index (χ0n) is 6.34. The molecule has 0 aliphatic heterocycles. The van der Waals surface area contributed by atoms with Crippen molar-refractivity contribution in [2.75, 3.05) is 27.4 Å². The third kappa shape index (κ3) is 65.1. The predicted octanol–water partition coefficient (Wildman–Crippen LogP) is 0.771. The molecule has 0 unspecified atom stereocenters. The Labute approximate surface area is 66.8 Å². The Morgan fingerprint density at radius 2 is 1.56 bits per heavy atom. The number of nitrogens with two attached hydrogens (primary N) is 1. The first-order chi connectivity index (χ1) is 4.00. The molecule has 4 heteroatoms. The molecule has 0 bridgehead atoms. The standard InChI is InChI=1S/C3H9N.C2H5NS2/c1-4(2)3;1-5-2(3)4/h1-3H3;1H3,(H2,3,4). The van der Waals surface area contributed by atoms with E-state index in [1.807, 2.05) is 32.3 Å². The first-order valence-electron chi connectivity index (χ1n) is 2.45. The van der Waals surface area contributed by atoms with Gasteiger partial charge in [0.05, 0.1) is 0 Å². The number of thioether (sulfide) groups is 1. The van der Waals surface area contributed by atoms with Gasteiger partial charge in [0.25, 0.3) is 0 Å². The molecule has 0 heterocycles. The molecule has 9 heavy (non-hydrogen) atoms. The molecule has 0 saturated carbocycles. The van der Waals surface area contributed by atoms with E-state index in [1.165, 1.54) is 11.8 Å². The Morgan fingerprint density at radius 3 is 1.56 bits per heavy atom. The van der Waals surface area contributed by atoms with Crippen molar-refractivity contribution in [1.82, 2.24) is 4.90 Å². The summed E-state index contributed by atoms with van der Waals surface area (Å²) in [5.74, 6) is 0. The second kappa shape index (κ2) is 8.20. The van der Waals surface area contributed by atoms with Gasteiger partial charge in [0, 0.05) is 0 Å². The molecule has 2 nitrogen and oxygen atoms in total. The first kappa shape index (κ1) is 11.9. The molecule has 0 rings (SSSR count). The highest BCUT2D eigenvalue weighted by Gasteiger charge is 1.71. The largest absolute Gasteiger partial charge is 0.385 e. The second-order valence-electron chi connectivity index (χ2n) is 1.86. The van der Waals surface area contributed by atoms with Gasteiger partial charge < -0.3 is 10.6 Å². The lowest BCUT2D eigenvalue weighted by Crippen LogP contribution is -1.99. The molecule has 0 spiro atoms. The van der Waals surface area contributed by atoms with Crippen LogP contribution in [0.15, 0.2) is 0 Å². The molecule has 0 aliphatic rings. The van der Waals surface area contributed by atoms with E-state index in [0.29, 0.717) is 4.32 Å². The van der Waals surface area contributed by atoms with Crippen LogP contribution >= 0.6 is 24.0 Å². The Morgan fingerprint density at radius 1 is 1.44 bits per heavy atom. The van der Waals surface area contributed by atoms with E-state index in [4.69, 9.17) is 5.73 Å². The SMILES string of the molecule is CN(C)C.CSC(N)=S. The fraction of sp³-hybridized carbons (Fsp3) is 0.800. The fourth-order valence-electron chi connectivity index (χ4n) is 0. The number of hydrogen-bond donors (Lipinski definition) is 1. The maximum Gasteiger partial charge on any atom is 0.130 e. The first-order valence-corrected chi connectivity index (χ1v) is 4.08. The van der Waals surface area contributed by atoms with E-state index in [-0.39, 0.29) is 0 Å². The lowest BCUT2D eigenvalue weighted by molar-refractivity contribution is 0.505. The van der Waals surface area contributed by atoms with Crippen LogP contribution in [0, 0.1) is 0 Å². The number of hydrogen-bond acceptors (Lipinski definition) is 3. The zero-order chi connectivity index (χ0) is 7.86. The Kier molecular flexibility index (Phi) is 10.9. The van der Waals surface area contributed by atoms with Gasteiger partial charge in [0.1, 0.15) is 4.32 Å². The van der Waals surface area contributed by atoms with Gasteiger partial charge in [-0.05, 0) is 27.4 Å². The van der Waals surface area contributed by atoms with Crippen LogP contribution in [0.5, 0.6) is 0 Å². The quantitative estimate of drug-likeness (QED) is 0.538. The minimum Gasteiger partial charge on any atom is -0.385 e. The maximum atomic E-state index is 4.99. The molecule has 0 amide bonds. The minimum atomic E-state index is 0.505. The van der Waals surface area contributed by atoms with E-state index in [0.717, 1.165) is 0 Å². The van der Waals surface area contributed by atoms with Gasteiger partial charge in [-0.2, -0.15) is 0 Å². The van der Waals surface area contributed by atoms with Gasteiger partial charge in [0.15, 0.2) is 0 Å². The normalized spacial score (nSPS) is 8.11. The molecule has 56 valence electrons. The van der Waals surface area contributed by atoms with Crippen molar-refractivity contribution >= 4 is 28.3 Å². The summed E-state index contributed by atoms with van der Waals surface area (Å²) in [5.41, 5.74) is 4.99. The van der Waals surface area contributed by atoms with Crippen molar-refractivity contribution in [3.63, 3.8) is 0 Å². The molecule has 0 radical (unpaired) electrons. The summed E-state index contributed by atoms with van der Waals surface area (Å²) in [6.45, 7) is 0. The van der Waals surface area contributed by atoms with E-state index >= 15 is 0 Å². The van der Waals surface area contributed by atoms with Crippen LogP contribution in [0.1, 0.15) is 0 Å². The van der Waals surface area contributed by atoms with E-state index < -0.39 is 0 Å². The summed E-state index contributed by atoms with van der Waals surface area (Å²) < 4.78 is 0.505. The summed E-state index contributed by atoms with van der Waals surface area (Å²) in [4.78, 5) is 2.00. The van der Waals surface area contributed by atoms with Crippen molar-refractivity contribution in [1.29, 1.82) is 0 Å².